The van der Waals surface area contributed by atoms with Crippen LogP contribution in [0.4, 0.5) is 0 Å². The Bertz CT molecular complexity index is 389. The van der Waals surface area contributed by atoms with Gasteiger partial charge in [-0.15, -0.1) is 24.0 Å². The molecule has 0 radical (unpaired) electrons. The predicted octanol–water partition coefficient (Wildman–Crippen LogP) is 3.13. The molecule has 128 valence electrons. The van der Waals surface area contributed by atoms with E-state index in [2.05, 4.69) is 48.4 Å². The molecule has 1 heterocycles. The molecular formula is C16H32IN5. The summed E-state index contributed by atoms with van der Waals surface area (Å²) in [6, 6.07) is 1.95. The number of hydrogen-bond acceptors (Lipinski definition) is 2. The maximum Gasteiger partial charge on any atom is 0.191 e. The number of rotatable bonds is 9. The van der Waals surface area contributed by atoms with Gasteiger partial charge in [0.25, 0.3) is 0 Å². The maximum absolute atomic E-state index is 4.66. The summed E-state index contributed by atoms with van der Waals surface area (Å²) in [7, 11) is 0. The highest BCUT2D eigenvalue weighted by Gasteiger charge is 2.04. The molecule has 0 fully saturated rings. The highest BCUT2D eigenvalue weighted by molar-refractivity contribution is 14.0. The third-order valence-corrected chi connectivity index (χ3v) is 3.21. The fourth-order valence-electron chi connectivity index (χ4n) is 2.09. The van der Waals surface area contributed by atoms with E-state index in [9.17, 15) is 0 Å². The molecule has 0 aromatic carbocycles. The second kappa shape index (κ2) is 12.7. The highest BCUT2D eigenvalue weighted by Crippen LogP contribution is 2.02. The first-order valence-electron chi connectivity index (χ1n) is 8.11. The summed E-state index contributed by atoms with van der Waals surface area (Å²) in [6.45, 7) is 12.4. The lowest BCUT2D eigenvalue weighted by Crippen LogP contribution is -2.38. The quantitative estimate of drug-likeness (QED) is 0.279. The van der Waals surface area contributed by atoms with Crippen LogP contribution in [0.1, 0.15) is 40.5 Å². The zero-order chi connectivity index (χ0) is 15.5. The molecule has 1 aromatic rings. The molecular weight excluding hydrogens is 389 g/mol. The number of nitrogens with zero attached hydrogens (tertiary/aromatic N) is 3. The molecule has 0 aliphatic carbocycles. The predicted molar refractivity (Wildman–Crippen MR) is 105 cm³/mol. The Balaban J connectivity index is 0.00000441. The van der Waals surface area contributed by atoms with Crippen molar-refractivity contribution < 1.29 is 0 Å². The zero-order valence-electron chi connectivity index (χ0n) is 14.4. The summed E-state index contributed by atoms with van der Waals surface area (Å²) in [5.74, 6) is 2.16. The van der Waals surface area contributed by atoms with Crippen molar-refractivity contribution in [1.29, 1.82) is 0 Å². The number of guanidine groups is 1. The van der Waals surface area contributed by atoms with Crippen molar-refractivity contribution in [2.45, 2.75) is 47.1 Å². The van der Waals surface area contributed by atoms with Gasteiger partial charge < -0.3 is 10.6 Å². The minimum atomic E-state index is 0. The molecule has 0 spiro atoms. The van der Waals surface area contributed by atoms with Crippen molar-refractivity contribution >= 4 is 29.9 Å². The summed E-state index contributed by atoms with van der Waals surface area (Å²) in [5, 5.41) is 10.9. The molecule has 6 heteroatoms. The van der Waals surface area contributed by atoms with Gasteiger partial charge in [-0.25, -0.2) is 0 Å². The number of nitrogens with one attached hydrogen (secondary N) is 2. The van der Waals surface area contributed by atoms with Gasteiger partial charge in [0.15, 0.2) is 5.96 Å². The van der Waals surface area contributed by atoms with Crippen molar-refractivity contribution in [2.75, 3.05) is 19.6 Å². The lowest BCUT2D eigenvalue weighted by atomic mass is 10.1. The number of hydrogen-bond donors (Lipinski definition) is 2. The van der Waals surface area contributed by atoms with Gasteiger partial charge in [-0.05, 0) is 37.7 Å². The van der Waals surface area contributed by atoms with Gasteiger partial charge in [-0.3, -0.25) is 9.67 Å². The van der Waals surface area contributed by atoms with Crippen molar-refractivity contribution in [3.63, 3.8) is 0 Å². The van der Waals surface area contributed by atoms with Crippen LogP contribution in [0.5, 0.6) is 0 Å². The Kier molecular flexibility index (Phi) is 12.3. The highest BCUT2D eigenvalue weighted by atomic mass is 127. The third kappa shape index (κ3) is 10.0. The second-order valence-corrected chi connectivity index (χ2v) is 6.02. The Hall–Kier alpha value is -0.790. The third-order valence-electron chi connectivity index (χ3n) is 3.21. The molecule has 0 bridgehead atoms. The molecule has 1 rings (SSSR count). The minimum absolute atomic E-state index is 0. The second-order valence-electron chi connectivity index (χ2n) is 6.02. The summed E-state index contributed by atoms with van der Waals surface area (Å²) in [5.41, 5.74) is 0. The standard InChI is InChI=1S/C16H31N5.HI/c1-5-17-16(18-9-6-8-14(2)3)19-12-15(4)13-21-11-7-10-20-21;/h7,10-11,14-15H,5-6,8-9,12-13H2,1-4H3,(H2,17,18,19);1H. The lowest BCUT2D eigenvalue weighted by Gasteiger charge is -2.14. The fourth-order valence-corrected chi connectivity index (χ4v) is 2.09. The molecule has 0 aliphatic rings. The van der Waals surface area contributed by atoms with Crippen LogP contribution in [0.25, 0.3) is 0 Å². The van der Waals surface area contributed by atoms with Crippen LogP contribution >= 0.6 is 24.0 Å². The summed E-state index contributed by atoms with van der Waals surface area (Å²) < 4.78 is 1.96. The topological polar surface area (TPSA) is 54.2 Å². The molecule has 0 amide bonds. The van der Waals surface area contributed by atoms with Crippen LogP contribution in [-0.4, -0.2) is 35.4 Å². The minimum Gasteiger partial charge on any atom is -0.357 e. The summed E-state index contributed by atoms with van der Waals surface area (Å²) in [6.07, 6.45) is 6.25. The number of aliphatic imine (C=N–C) groups is 1. The van der Waals surface area contributed by atoms with Crippen LogP contribution < -0.4 is 10.6 Å². The maximum atomic E-state index is 4.66. The first kappa shape index (κ1) is 21.2. The van der Waals surface area contributed by atoms with Gasteiger partial charge >= 0.3 is 0 Å². The van der Waals surface area contributed by atoms with Crippen molar-refractivity contribution in [2.24, 2.45) is 16.8 Å². The van der Waals surface area contributed by atoms with Crippen LogP contribution in [0.15, 0.2) is 23.5 Å². The average Bonchev–Trinajstić information content (AvgIpc) is 2.93. The van der Waals surface area contributed by atoms with Gasteiger partial charge in [0, 0.05) is 38.6 Å². The van der Waals surface area contributed by atoms with Crippen LogP contribution in [0, 0.1) is 11.8 Å². The smallest absolute Gasteiger partial charge is 0.191 e. The molecule has 0 aliphatic heterocycles. The Morgan fingerprint density at radius 2 is 2.05 bits per heavy atom. The SMILES string of the molecule is CCNC(=NCC(C)Cn1cccn1)NCCCC(C)C.I. The van der Waals surface area contributed by atoms with Crippen LogP contribution in [0.3, 0.4) is 0 Å². The van der Waals surface area contributed by atoms with Crippen molar-refractivity contribution in [3.8, 4) is 0 Å². The molecule has 2 N–H and O–H groups in total. The molecule has 1 aromatic heterocycles. The monoisotopic (exact) mass is 421 g/mol. The Morgan fingerprint density at radius 3 is 2.64 bits per heavy atom. The Morgan fingerprint density at radius 1 is 1.27 bits per heavy atom. The van der Waals surface area contributed by atoms with E-state index >= 15 is 0 Å². The van der Waals surface area contributed by atoms with E-state index in [0.29, 0.717) is 5.92 Å². The van der Waals surface area contributed by atoms with Crippen molar-refractivity contribution in [1.82, 2.24) is 20.4 Å². The van der Waals surface area contributed by atoms with E-state index in [0.717, 1.165) is 38.1 Å². The average molecular weight is 421 g/mol. The molecule has 0 saturated carbocycles. The molecule has 0 saturated heterocycles. The lowest BCUT2D eigenvalue weighted by molar-refractivity contribution is 0.458. The van der Waals surface area contributed by atoms with E-state index in [-0.39, 0.29) is 24.0 Å². The normalized spacial score (nSPS) is 12.9. The number of halogens is 1. The van der Waals surface area contributed by atoms with Gasteiger partial charge in [0.1, 0.15) is 0 Å². The van der Waals surface area contributed by atoms with Crippen molar-refractivity contribution in [3.05, 3.63) is 18.5 Å². The van der Waals surface area contributed by atoms with E-state index in [4.69, 9.17) is 0 Å². The molecule has 1 atom stereocenters. The molecule has 5 nitrogen and oxygen atoms in total. The van der Waals surface area contributed by atoms with Crippen LogP contribution in [-0.2, 0) is 6.54 Å². The van der Waals surface area contributed by atoms with Gasteiger partial charge in [-0.2, -0.15) is 5.10 Å². The summed E-state index contributed by atoms with van der Waals surface area (Å²) >= 11 is 0. The van der Waals surface area contributed by atoms with Gasteiger partial charge in [-0.1, -0.05) is 20.8 Å². The van der Waals surface area contributed by atoms with Gasteiger partial charge in [0.05, 0.1) is 0 Å². The molecule has 22 heavy (non-hydrogen) atoms. The van der Waals surface area contributed by atoms with E-state index in [1.807, 2.05) is 23.1 Å². The van der Waals surface area contributed by atoms with Gasteiger partial charge in [0.2, 0.25) is 0 Å². The summed E-state index contributed by atoms with van der Waals surface area (Å²) in [4.78, 5) is 4.66. The van der Waals surface area contributed by atoms with E-state index in [1.54, 1.807) is 0 Å². The largest absolute Gasteiger partial charge is 0.357 e. The van der Waals surface area contributed by atoms with Crippen LogP contribution in [0.2, 0.25) is 0 Å². The Labute approximate surface area is 152 Å². The van der Waals surface area contributed by atoms with E-state index in [1.165, 1.54) is 12.8 Å². The number of aromatic nitrogens is 2. The first-order chi connectivity index (χ1) is 10.1. The zero-order valence-corrected chi connectivity index (χ0v) is 16.7. The van der Waals surface area contributed by atoms with E-state index < -0.39 is 0 Å². The molecule has 1 unspecified atom stereocenters. The first-order valence-corrected chi connectivity index (χ1v) is 8.11. The fraction of sp³-hybridized carbons (Fsp3) is 0.750.